The summed E-state index contributed by atoms with van der Waals surface area (Å²) >= 11 is 0. The van der Waals surface area contributed by atoms with E-state index in [0.717, 1.165) is 22.1 Å². The average Bonchev–Trinajstić information content (AvgIpc) is 3.06. The lowest BCUT2D eigenvalue weighted by Gasteiger charge is -2.32. The number of aromatic nitrogens is 3. The molecule has 3 heterocycles. The Morgan fingerprint density at radius 3 is 2.79 bits per heavy atom. The monoisotopic (exact) mass is 384 g/mol. The molecule has 0 unspecified atom stereocenters. The lowest BCUT2D eigenvalue weighted by atomic mass is 10.00. The van der Waals surface area contributed by atoms with Crippen LogP contribution in [0.4, 0.5) is 8.78 Å². The summed E-state index contributed by atoms with van der Waals surface area (Å²) in [6.45, 7) is 2.38. The first-order valence-electron chi connectivity index (χ1n) is 9.34. The van der Waals surface area contributed by atoms with Crippen molar-refractivity contribution in [3.8, 4) is 11.1 Å². The number of carbonyl (C=O) groups is 1. The number of likely N-dealkylation sites (tertiary alicyclic amines) is 1. The summed E-state index contributed by atoms with van der Waals surface area (Å²) in [6.07, 6.45) is 4.10. The molecule has 0 saturated carbocycles. The third-order valence-corrected chi connectivity index (χ3v) is 5.13. The Hall–Kier alpha value is -2.67. The number of ketones is 1. The van der Waals surface area contributed by atoms with Gasteiger partial charge in [-0.25, -0.2) is 13.8 Å². The number of alkyl halides is 2. The van der Waals surface area contributed by atoms with E-state index in [1.165, 1.54) is 6.92 Å². The number of aryl methyl sites for hydroxylation is 1. The molecule has 2 aromatic heterocycles. The summed E-state index contributed by atoms with van der Waals surface area (Å²) in [5, 5.41) is 5.12. The number of hydrogen-bond acceptors (Lipinski definition) is 4. The Kier molecular flexibility index (Phi) is 4.71. The quantitative estimate of drug-likeness (QED) is 0.637. The van der Waals surface area contributed by atoms with E-state index >= 15 is 0 Å². The highest BCUT2D eigenvalue weighted by Crippen LogP contribution is 2.31. The fourth-order valence-electron chi connectivity index (χ4n) is 3.79. The SMILES string of the molecule is CC(=O)c1cc(-c2cnn(C)c2)c2ccc(CN3CCCC(F)(F)C3)cc2n1. The lowest BCUT2D eigenvalue weighted by Crippen LogP contribution is -2.41. The van der Waals surface area contributed by atoms with Gasteiger partial charge in [-0.3, -0.25) is 14.4 Å². The van der Waals surface area contributed by atoms with E-state index in [0.29, 0.717) is 30.7 Å². The number of hydrogen-bond donors (Lipinski definition) is 0. The number of fused-ring (bicyclic) bond motifs is 1. The summed E-state index contributed by atoms with van der Waals surface area (Å²) in [4.78, 5) is 18.3. The van der Waals surface area contributed by atoms with Crippen molar-refractivity contribution in [2.24, 2.45) is 7.05 Å². The molecule has 1 aromatic carbocycles. The second-order valence-corrected chi connectivity index (χ2v) is 7.54. The van der Waals surface area contributed by atoms with Gasteiger partial charge in [-0.15, -0.1) is 0 Å². The van der Waals surface area contributed by atoms with Crippen LogP contribution in [0.3, 0.4) is 0 Å². The highest BCUT2D eigenvalue weighted by atomic mass is 19.3. The van der Waals surface area contributed by atoms with Crippen molar-refractivity contribution in [2.45, 2.75) is 32.2 Å². The number of nitrogens with zero attached hydrogens (tertiary/aromatic N) is 4. The van der Waals surface area contributed by atoms with Gasteiger partial charge in [-0.05, 0) is 36.2 Å². The average molecular weight is 384 g/mol. The van der Waals surface area contributed by atoms with Gasteiger partial charge in [0.15, 0.2) is 5.78 Å². The number of benzene rings is 1. The number of rotatable bonds is 4. The summed E-state index contributed by atoms with van der Waals surface area (Å²) in [5.74, 6) is -2.74. The van der Waals surface area contributed by atoms with Crippen molar-refractivity contribution in [1.29, 1.82) is 0 Å². The van der Waals surface area contributed by atoms with Gasteiger partial charge >= 0.3 is 0 Å². The first-order chi connectivity index (χ1) is 13.3. The zero-order valence-electron chi connectivity index (χ0n) is 16.0. The molecule has 0 atom stereocenters. The van der Waals surface area contributed by atoms with Crippen LogP contribution in [0.15, 0.2) is 36.7 Å². The molecule has 0 radical (unpaired) electrons. The minimum absolute atomic E-state index is 0.0424. The molecule has 7 heteroatoms. The van der Waals surface area contributed by atoms with Crippen LogP contribution in [0.25, 0.3) is 22.0 Å². The Balaban J connectivity index is 1.73. The number of pyridine rings is 1. The van der Waals surface area contributed by atoms with Gasteiger partial charge in [0.1, 0.15) is 5.69 Å². The van der Waals surface area contributed by atoms with E-state index in [9.17, 15) is 13.6 Å². The summed E-state index contributed by atoms with van der Waals surface area (Å²) in [5.41, 5.74) is 3.77. The van der Waals surface area contributed by atoms with Crippen LogP contribution in [0.2, 0.25) is 0 Å². The summed E-state index contributed by atoms with van der Waals surface area (Å²) in [7, 11) is 1.84. The molecule has 1 saturated heterocycles. The zero-order chi connectivity index (χ0) is 19.9. The molecule has 0 amide bonds. The predicted octanol–water partition coefficient (Wildman–Crippen LogP) is 4.07. The van der Waals surface area contributed by atoms with E-state index in [2.05, 4.69) is 10.1 Å². The maximum Gasteiger partial charge on any atom is 0.260 e. The van der Waals surface area contributed by atoms with Crippen LogP contribution in [0, 0.1) is 0 Å². The van der Waals surface area contributed by atoms with Gasteiger partial charge in [0.25, 0.3) is 5.92 Å². The Morgan fingerprint density at radius 2 is 2.11 bits per heavy atom. The van der Waals surface area contributed by atoms with Gasteiger partial charge < -0.3 is 0 Å². The second-order valence-electron chi connectivity index (χ2n) is 7.54. The highest BCUT2D eigenvalue weighted by molar-refractivity contribution is 6.01. The van der Waals surface area contributed by atoms with Crippen molar-refractivity contribution < 1.29 is 13.6 Å². The molecule has 0 bridgehead atoms. The molecule has 28 heavy (non-hydrogen) atoms. The summed E-state index contributed by atoms with van der Waals surface area (Å²) in [6, 6.07) is 7.58. The van der Waals surface area contributed by atoms with E-state index in [-0.39, 0.29) is 18.7 Å². The number of halogens is 2. The van der Waals surface area contributed by atoms with Gasteiger partial charge in [0, 0.05) is 44.1 Å². The molecule has 0 N–H and O–H groups in total. The van der Waals surface area contributed by atoms with E-state index in [1.807, 2.05) is 31.4 Å². The van der Waals surface area contributed by atoms with Gasteiger partial charge in [0.05, 0.1) is 18.3 Å². The van der Waals surface area contributed by atoms with Crippen molar-refractivity contribution in [3.63, 3.8) is 0 Å². The van der Waals surface area contributed by atoms with Gasteiger partial charge in [-0.1, -0.05) is 12.1 Å². The fraction of sp³-hybridized carbons (Fsp3) is 0.381. The zero-order valence-corrected chi connectivity index (χ0v) is 16.0. The molecule has 1 aliphatic heterocycles. The van der Waals surface area contributed by atoms with Gasteiger partial charge in [0.2, 0.25) is 0 Å². The first-order valence-corrected chi connectivity index (χ1v) is 9.34. The van der Waals surface area contributed by atoms with Crippen LogP contribution in [-0.2, 0) is 13.6 Å². The van der Waals surface area contributed by atoms with Crippen LogP contribution >= 0.6 is 0 Å². The van der Waals surface area contributed by atoms with Crippen LogP contribution in [-0.4, -0.2) is 44.5 Å². The molecule has 1 aliphatic rings. The Bertz CT molecular complexity index is 1040. The predicted molar refractivity (Wildman–Crippen MR) is 103 cm³/mol. The third-order valence-electron chi connectivity index (χ3n) is 5.13. The van der Waals surface area contributed by atoms with Crippen LogP contribution in [0.5, 0.6) is 0 Å². The summed E-state index contributed by atoms with van der Waals surface area (Å²) < 4.78 is 29.1. The van der Waals surface area contributed by atoms with Crippen molar-refractivity contribution in [3.05, 3.63) is 47.9 Å². The minimum Gasteiger partial charge on any atom is -0.293 e. The normalized spacial score (nSPS) is 17.1. The van der Waals surface area contributed by atoms with Crippen LogP contribution < -0.4 is 0 Å². The molecule has 4 rings (SSSR count). The smallest absolute Gasteiger partial charge is 0.260 e. The largest absolute Gasteiger partial charge is 0.293 e. The topological polar surface area (TPSA) is 51.0 Å². The standard InChI is InChI=1S/C21H22F2N4O/c1-14(28)19-9-18(16-10-24-26(2)12-16)17-5-4-15(8-20(17)25-19)11-27-7-3-6-21(22,23)13-27/h4-5,8-10,12H,3,6-7,11,13H2,1-2H3. The maximum atomic E-state index is 13.7. The lowest BCUT2D eigenvalue weighted by molar-refractivity contribution is -0.0661. The van der Waals surface area contributed by atoms with Crippen molar-refractivity contribution >= 4 is 16.7 Å². The molecule has 0 aliphatic carbocycles. The van der Waals surface area contributed by atoms with Gasteiger partial charge in [-0.2, -0.15) is 5.10 Å². The molecule has 0 spiro atoms. The number of carbonyl (C=O) groups excluding carboxylic acids is 1. The highest BCUT2D eigenvalue weighted by Gasteiger charge is 2.34. The second kappa shape index (κ2) is 7.05. The van der Waals surface area contributed by atoms with E-state index < -0.39 is 5.92 Å². The third kappa shape index (κ3) is 3.80. The molecule has 1 fully saturated rings. The Morgan fingerprint density at radius 1 is 1.29 bits per heavy atom. The fourth-order valence-corrected chi connectivity index (χ4v) is 3.79. The number of piperidine rings is 1. The Labute approximate surface area is 162 Å². The maximum absolute atomic E-state index is 13.7. The molecule has 146 valence electrons. The molecule has 3 aromatic rings. The molecular formula is C21H22F2N4O. The first kappa shape index (κ1) is 18.7. The minimum atomic E-state index is -2.62. The van der Waals surface area contributed by atoms with E-state index in [4.69, 9.17) is 0 Å². The number of Topliss-reactive ketones (excluding diaryl/α,β-unsaturated/α-hetero) is 1. The van der Waals surface area contributed by atoms with Crippen LogP contribution in [0.1, 0.15) is 35.8 Å². The van der Waals surface area contributed by atoms with E-state index in [1.54, 1.807) is 21.8 Å². The molecular weight excluding hydrogens is 362 g/mol. The van der Waals surface area contributed by atoms with Crippen molar-refractivity contribution in [1.82, 2.24) is 19.7 Å². The van der Waals surface area contributed by atoms with Crippen molar-refractivity contribution in [2.75, 3.05) is 13.1 Å². The molecule has 5 nitrogen and oxygen atoms in total.